The number of carboxylic acid groups (broad SMARTS) is 1. The van der Waals surface area contributed by atoms with Crippen LogP contribution < -0.4 is 10.2 Å². The standard InChI is InChI=1S/C24H31ClN2O3/c1-3-17(16-24(28)29)18-5-10-23(27(4-2)21-11-13-30-14-12-21)22(15-18)26-20-8-6-19(25)7-9-20/h5-10,15,17,21,26H,3-4,11-14,16H2,1-2H3,(H,28,29)/t17-/m1/s1. The molecule has 0 bridgehead atoms. The summed E-state index contributed by atoms with van der Waals surface area (Å²) in [5, 5.41) is 13.6. The third-order valence-electron chi connectivity index (χ3n) is 5.81. The second kappa shape index (κ2) is 10.7. The Morgan fingerprint density at radius 3 is 2.50 bits per heavy atom. The molecule has 5 nitrogen and oxygen atoms in total. The second-order valence-corrected chi connectivity index (χ2v) is 8.18. The van der Waals surface area contributed by atoms with E-state index < -0.39 is 5.97 Å². The molecule has 0 radical (unpaired) electrons. The largest absolute Gasteiger partial charge is 0.481 e. The molecule has 2 N–H and O–H groups in total. The Morgan fingerprint density at radius 2 is 1.90 bits per heavy atom. The van der Waals surface area contributed by atoms with E-state index in [1.165, 1.54) is 0 Å². The molecule has 1 aliphatic heterocycles. The van der Waals surface area contributed by atoms with Gasteiger partial charge in [0.25, 0.3) is 0 Å². The SMILES string of the molecule is CC[C@H](CC(=O)O)c1ccc(N(CC)C2CCOCC2)c(Nc2ccc(Cl)cc2)c1. The van der Waals surface area contributed by atoms with Crippen molar-refractivity contribution in [2.45, 2.75) is 51.5 Å². The molecule has 0 unspecified atom stereocenters. The number of nitrogens with one attached hydrogen (secondary N) is 1. The van der Waals surface area contributed by atoms with E-state index in [1.54, 1.807) is 0 Å². The van der Waals surface area contributed by atoms with Gasteiger partial charge in [-0.25, -0.2) is 0 Å². The van der Waals surface area contributed by atoms with Crippen molar-refractivity contribution in [2.75, 3.05) is 30.0 Å². The average Bonchev–Trinajstić information content (AvgIpc) is 2.76. The molecule has 0 aromatic heterocycles. The van der Waals surface area contributed by atoms with Crippen molar-refractivity contribution in [3.63, 3.8) is 0 Å². The molecule has 1 fully saturated rings. The maximum atomic E-state index is 11.3. The van der Waals surface area contributed by atoms with Gasteiger partial charge < -0.3 is 20.1 Å². The Balaban J connectivity index is 1.98. The Hall–Kier alpha value is -2.24. The molecule has 1 aliphatic rings. The van der Waals surface area contributed by atoms with Gasteiger partial charge in [0.1, 0.15) is 0 Å². The third-order valence-corrected chi connectivity index (χ3v) is 6.06. The predicted molar refractivity (Wildman–Crippen MR) is 123 cm³/mol. The number of rotatable bonds is 9. The van der Waals surface area contributed by atoms with E-state index in [2.05, 4.69) is 35.3 Å². The number of carboxylic acids is 1. The molecule has 0 amide bonds. The van der Waals surface area contributed by atoms with Crippen LogP contribution in [0.3, 0.4) is 0 Å². The first-order chi connectivity index (χ1) is 14.5. The Morgan fingerprint density at radius 1 is 1.20 bits per heavy atom. The molecule has 1 saturated heterocycles. The Bertz CT molecular complexity index is 835. The fourth-order valence-corrected chi connectivity index (χ4v) is 4.30. The van der Waals surface area contributed by atoms with Gasteiger partial charge >= 0.3 is 5.97 Å². The summed E-state index contributed by atoms with van der Waals surface area (Å²) in [5.74, 6) is -0.781. The molecule has 2 aromatic rings. The molecule has 30 heavy (non-hydrogen) atoms. The van der Waals surface area contributed by atoms with Crippen LogP contribution in [0.1, 0.15) is 51.0 Å². The fraction of sp³-hybridized carbons (Fsp3) is 0.458. The van der Waals surface area contributed by atoms with Crippen molar-refractivity contribution >= 4 is 34.6 Å². The van der Waals surface area contributed by atoms with Crippen LogP contribution in [-0.4, -0.2) is 36.9 Å². The molecule has 162 valence electrons. The Labute approximate surface area is 184 Å². The van der Waals surface area contributed by atoms with Crippen LogP contribution in [0.5, 0.6) is 0 Å². The van der Waals surface area contributed by atoms with E-state index in [0.717, 1.165) is 61.6 Å². The lowest BCUT2D eigenvalue weighted by atomic mass is 9.92. The zero-order chi connectivity index (χ0) is 21.5. The van der Waals surface area contributed by atoms with Gasteiger partial charge in [0.2, 0.25) is 0 Å². The van der Waals surface area contributed by atoms with E-state index in [-0.39, 0.29) is 12.3 Å². The zero-order valence-electron chi connectivity index (χ0n) is 17.7. The summed E-state index contributed by atoms with van der Waals surface area (Å²) in [5.41, 5.74) is 4.12. The highest BCUT2D eigenvalue weighted by Gasteiger charge is 2.24. The molecule has 6 heteroatoms. The van der Waals surface area contributed by atoms with Crippen molar-refractivity contribution in [2.24, 2.45) is 0 Å². The first-order valence-corrected chi connectivity index (χ1v) is 11.1. The molecular formula is C24H31ClN2O3. The van der Waals surface area contributed by atoms with Crippen molar-refractivity contribution < 1.29 is 14.6 Å². The molecular weight excluding hydrogens is 400 g/mol. The van der Waals surface area contributed by atoms with Crippen molar-refractivity contribution in [1.82, 2.24) is 0 Å². The summed E-state index contributed by atoms with van der Waals surface area (Å²) in [6, 6.07) is 14.4. The number of halogens is 1. The van der Waals surface area contributed by atoms with Gasteiger partial charge in [-0.05, 0) is 74.1 Å². The molecule has 3 rings (SSSR count). The number of benzene rings is 2. The van der Waals surface area contributed by atoms with E-state index in [1.807, 2.05) is 31.2 Å². The minimum atomic E-state index is -0.768. The smallest absolute Gasteiger partial charge is 0.303 e. The predicted octanol–water partition coefficient (Wildman–Crippen LogP) is 6.06. The van der Waals surface area contributed by atoms with Crippen LogP contribution >= 0.6 is 11.6 Å². The van der Waals surface area contributed by atoms with E-state index in [0.29, 0.717) is 11.1 Å². The number of hydrogen-bond acceptors (Lipinski definition) is 4. The lowest BCUT2D eigenvalue weighted by Gasteiger charge is -2.37. The lowest BCUT2D eigenvalue weighted by Crippen LogP contribution is -2.39. The topological polar surface area (TPSA) is 61.8 Å². The maximum absolute atomic E-state index is 11.3. The number of aliphatic carboxylic acids is 1. The zero-order valence-corrected chi connectivity index (χ0v) is 18.5. The first kappa shape index (κ1) is 22.4. The van der Waals surface area contributed by atoms with E-state index in [4.69, 9.17) is 16.3 Å². The van der Waals surface area contributed by atoms with Crippen LogP contribution in [0.2, 0.25) is 5.02 Å². The van der Waals surface area contributed by atoms with Crippen molar-refractivity contribution in [1.29, 1.82) is 0 Å². The minimum Gasteiger partial charge on any atom is -0.481 e. The summed E-state index contributed by atoms with van der Waals surface area (Å²) >= 11 is 6.05. The molecule has 0 aliphatic carbocycles. The lowest BCUT2D eigenvalue weighted by molar-refractivity contribution is -0.137. The minimum absolute atomic E-state index is 0.0134. The average molecular weight is 431 g/mol. The summed E-state index contributed by atoms with van der Waals surface area (Å²) in [6.45, 7) is 6.68. The van der Waals surface area contributed by atoms with Crippen molar-refractivity contribution in [3.8, 4) is 0 Å². The van der Waals surface area contributed by atoms with Crippen LogP contribution in [-0.2, 0) is 9.53 Å². The highest BCUT2D eigenvalue weighted by atomic mass is 35.5. The number of anilines is 3. The van der Waals surface area contributed by atoms with E-state index >= 15 is 0 Å². The molecule has 1 heterocycles. The summed E-state index contributed by atoms with van der Waals surface area (Å²) in [6.07, 6.45) is 2.93. The number of ether oxygens (including phenoxy) is 1. The van der Waals surface area contributed by atoms with Crippen LogP contribution in [0, 0.1) is 0 Å². The normalized spacial score (nSPS) is 15.6. The fourth-order valence-electron chi connectivity index (χ4n) is 4.18. The summed E-state index contributed by atoms with van der Waals surface area (Å²) in [4.78, 5) is 13.8. The summed E-state index contributed by atoms with van der Waals surface area (Å²) in [7, 11) is 0. The molecule has 0 saturated carbocycles. The monoisotopic (exact) mass is 430 g/mol. The van der Waals surface area contributed by atoms with Gasteiger partial charge in [-0.1, -0.05) is 24.6 Å². The van der Waals surface area contributed by atoms with Gasteiger partial charge in [0.05, 0.1) is 17.8 Å². The van der Waals surface area contributed by atoms with Crippen LogP contribution in [0.25, 0.3) is 0 Å². The summed E-state index contributed by atoms with van der Waals surface area (Å²) < 4.78 is 5.56. The van der Waals surface area contributed by atoms with Gasteiger partial charge in [0.15, 0.2) is 0 Å². The van der Waals surface area contributed by atoms with Crippen LogP contribution in [0.15, 0.2) is 42.5 Å². The number of hydrogen-bond donors (Lipinski definition) is 2. The highest BCUT2D eigenvalue weighted by molar-refractivity contribution is 6.30. The number of nitrogens with zero attached hydrogens (tertiary/aromatic N) is 1. The second-order valence-electron chi connectivity index (χ2n) is 7.74. The van der Waals surface area contributed by atoms with E-state index in [9.17, 15) is 9.90 Å². The highest BCUT2D eigenvalue weighted by Crippen LogP contribution is 2.36. The van der Waals surface area contributed by atoms with Crippen LogP contribution in [0.4, 0.5) is 17.1 Å². The Kier molecular flexibility index (Phi) is 8.00. The molecule has 1 atom stereocenters. The first-order valence-electron chi connectivity index (χ1n) is 10.7. The van der Waals surface area contributed by atoms with Gasteiger partial charge in [-0.2, -0.15) is 0 Å². The van der Waals surface area contributed by atoms with Crippen molar-refractivity contribution in [3.05, 3.63) is 53.1 Å². The quantitative estimate of drug-likeness (QED) is 0.506. The molecule has 0 spiro atoms. The molecule has 2 aromatic carbocycles. The maximum Gasteiger partial charge on any atom is 0.303 e. The van der Waals surface area contributed by atoms with Gasteiger partial charge in [-0.15, -0.1) is 0 Å². The van der Waals surface area contributed by atoms with Gasteiger partial charge in [-0.3, -0.25) is 4.79 Å². The third kappa shape index (κ3) is 5.67. The van der Waals surface area contributed by atoms with Gasteiger partial charge in [0, 0.05) is 36.5 Å². The number of carbonyl (C=O) groups is 1.